The van der Waals surface area contributed by atoms with E-state index in [1.807, 2.05) is 36.6 Å². The van der Waals surface area contributed by atoms with Gasteiger partial charge in [-0.3, -0.25) is 9.69 Å². The number of aromatic nitrogens is 1. The van der Waals surface area contributed by atoms with E-state index in [9.17, 15) is 4.79 Å². The molecule has 3 rings (SSSR count). The van der Waals surface area contributed by atoms with Crippen LogP contribution in [0.1, 0.15) is 22.8 Å². The number of amides is 1. The largest absolute Gasteiger partial charge is 0.292 e. The highest BCUT2D eigenvalue weighted by molar-refractivity contribution is 7.13. The van der Waals surface area contributed by atoms with Crippen molar-refractivity contribution in [3.8, 4) is 0 Å². The van der Waals surface area contributed by atoms with Gasteiger partial charge in [0.05, 0.1) is 5.56 Å². The zero-order valence-electron chi connectivity index (χ0n) is 9.83. The molecular weight excluding hydrogens is 246 g/mol. The summed E-state index contributed by atoms with van der Waals surface area (Å²) in [6.07, 6.45) is 1.71. The molecule has 18 heavy (non-hydrogen) atoms. The highest BCUT2D eigenvalue weighted by Crippen LogP contribution is 2.26. The minimum atomic E-state index is 0.0170. The Morgan fingerprint density at radius 3 is 2.78 bits per heavy atom. The van der Waals surface area contributed by atoms with Crippen molar-refractivity contribution in [3.63, 3.8) is 0 Å². The number of hydrogen-bond donors (Lipinski definition) is 0. The standard InChI is InChI=1S/C13H11N3OS/c1-2-16-11(15-13-14-7-8-18-13)9-5-3-4-6-10(9)12(16)17/h3-8H,2H2,1H3. The lowest BCUT2D eigenvalue weighted by atomic mass is 10.1. The van der Waals surface area contributed by atoms with Crippen LogP contribution in [0, 0.1) is 0 Å². The quantitative estimate of drug-likeness (QED) is 0.830. The van der Waals surface area contributed by atoms with E-state index in [-0.39, 0.29) is 5.91 Å². The third-order valence-electron chi connectivity index (χ3n) is 2.84. The van der Waals surface area contributed by atoms with Crippen LogP contribution >= 0.6 is 11.3 Å². The first-order valence-electron chi connectivity index (χ1n) is 5.70. The third-order valence-corrected chi connectivity index (χ3v) is 3.50. The van der Waals surface area contributed by atoms with Crippen molar-refractivity contribution in [3.05, 3.63) is 47.0 Å². The van der Waals surface area contributed by atoms with Crippen molar-refractivity contribution < 1.29 is 4.79 Å². The van der Waals surface area contributed by atoms with Crippen molar-refractivity contribution >= 4 is 28.2 Å². The summed E-state index contributed by atoms with van der Waals surface area (Å²) in [5.74, 6) is 0.719. The Morgan fingerprint density at radius 2 is 2.11 bits per heavy atom. The molecule has 0 atom stereocenters. The smallest absolute Gasteiger partial charge is 0.260 e. The summed E-state index contributed by atoms with van der Waals surface area (Å²) in [6, 6.07) is 7.56. The molecule has 0 radical (unpaired) electrons. The Kier molecular flexibility index (Phi) is 2.68. The number of aliphatic imine (C=N–C) groups is 1. The second-order valence-corrected chi connectivity index (χ2v) is 4.72. The van der Waals surface area contributed by atoms with Gasteiger partial charge in [-0.25, -0.2) is 9.98 Å². The van der Waals surface area contributed by atoms with Crippen LogP contribution in [0.4, 0.5) is 5.13 Å². The molecule has 0 unspecified atom stereocenters. The number of nitrogens with zero attached hydrogens (tertiary/aromatic N) is 3. The molecule has 0 N–H and O–H groups in total. The van der Waals surface area contributed by atoms with E-state index in [4.69, 9.17) is 0 Å². The molecule has 0 bridgehead atoms. The summed E-state index contributed by atoms with van der Waals surface area (Å²) in [5, 5.41) is 2.55. The lowest BCUT2D eigenvalue weighted by molar-refractivity contribution is 0.0865. The molecule has 2 heterocycles. The van der Waals surface area contributed by atoms with Gasteiger partial charge in [-0.1, -0.05) is 18.2 Å². The maximum atomic E-state index is 12.2. The van der Waals surface area contributed by atoms with Gasteiger partial charge < -0.3 is 0 Å². The van der Waals surface area contributed by atoms with Gasteiger partial charge in [-0.15, -0.1) is 11.3 Å². The Hall–Kier alpha value is -2.01. The van der Waals surface area contributed by atoms with Gasteiger partial charge in [0.1, 0.15) is 5.84 Å². The Balaban J connectivity index is 2.15. The van der Waals surface area contributed by atoms with E-state index in [0.29, 0.717) is 17.5 Å². The monoisotopic (exact) mass is 257 g/mol. The van der Waals surface area contributed by atoms with Crippen molar-refractivity contribution in [1.82, 2.24) is 9.88 Å². The van der Waals surface area contributed by atoms with Gasteiger partial charge in [0.2, 0.25) is 5.13 Å². The molecule has 1 amide bonds. The highest BCUT2D eigenvalue weighted by Gasteiger charge is 2.32. The molecule has 5 heteroatoms. The molecule has 4 nitrogen and oxygen atoms in total. The number of hydrogen-bond acceptors (Lipinski definition) is 4. The molecule has 0 saturated heterocycles. The fourth-order valence-corrected chi connectivity index (χ4v) is 2.53. The van der Waals surface area contributed by atoms with Gasteiger partial charge in [-0.2, -0.15) is 0 Å². The molecule has 1 aromatic heterocycles. The first-order chi connectivity index (χ1) is 8.81. The summed E-state index contributed by atoms with van der Waals surface area (Å²) in [6.45, 7) is 2.55. The van der Waals surface area contributed by atoms with Gasteiger partial charge in [0, 0.05) is 23.7 Å². The first-order valence-corrected chi connectivity index (χ1v) is 6.58. The first kappa shape index (κ1) is 11.1. The number of carbonyl (C=O) groups excluding carboxylic acids is 1. The van der Waals surface area contributed by atoms with Crippen LogP contribution in [-0.2, 0) is 0 Å². The van der Waals surface area contributed by atoms with E-state index in [1.165, 1.54) is 11.3 Å². The van der Waals surface area contributed by atoms with Gasteiger partial charge in [0.25, 0.3) is 5.91 Å². The van der Waals surface area contributed by atoms with Gasteiger partial charge in [-0.05, 0) is 13.0 Å². The van der Waals surface area contributed by atoms with Crippen LogP contribution in [0.2, 0.25) is 0 Å². The predicted octanol–water partition coefficient (Wildman–Crippen LogP) is 2.70. The van der Waals surface area contributed by atoms with Gasteiger partial charge in [0.15, 0.2) is 0 Å². The van der Waals surface area contributed by atoms with Crippen LogP contribution in [0.5, 0.6) is 0 Å². The molecule has 2 aromatic rings. The highest BCUT2D eigenvalue weighted by atomic mass is 32.1. The van der Waals surface area contributed by atoms with Crippen molar-refractivity contribution in [1.29, 1.82) is 0 Å². The van der Waals surface area contributed by atoms with Crippen LogP contribution in [0.15, 0.2) is 40.8 Å². The number of rotatable bonds is 2. The molecule has 1 aliphatic rings. The number of fused-ring (bicyclic) bond motifs is 1. The van der Waals surface area contributed by atoms with E-state index < -0.39 is 0 Å². The summed E-state index contributed by atoms with van der Waals surface area (Å²) in [5.41, 5.74) is 1.61. The maximum Gasteiger partial charge on any atom is 0.260 e. The Morgan fingerprint density at radius 1 is 1.33 bits per heavy atom. The Labute approximate surface area is 109 Å². The number of thiazole rings is 1. The number of amidine groups is 1. The van der Waals surface area contributed by atoms with Gasteiger partial charge >= 0.3 is 0 Å². The molecule has 1 aliphatic heterocycles. The zero-order chi connectivity index (χ0) is 12.5. The summed E-state index contributed by atoms with van der Waals surface area (Å²) >= 11 is 1.46. The van der Waals surface area contributed by atoms with E-state index in [0.717, 1.165) is 11.1 Å². The average molecular weight is 257 g/mol. The fraction of sp³-hybridized carbons (Fsp3) is 0.154. The normalized spacial score (nSPS) is 16.4. The van der Waals surface area contributed by atoms with Crippen molar-refractivity contribution in [2.45, 2.75) is 6.92 Å². The molecular formula is C13H11N3OS. The van der Waals surface area contributed by atoms with E-state index in [2.05, 4.69) is 9.98 Å². The molecule has 0 fully saturated rings. The topological polar surface area (TPSA) is 45.6 Å². The number of carbonyl (C=O) groups is 1. The Bertz CT molecular complexity index is 619. The van der Waals surface area contributed by atoms with Crippen molar-refractivity contribution in [2.24, 2.45) is 4.99 Å². The SMILES string of the molecule is CCN1C(=O)c2ccccc2C1=Nc1nccs1. The molecule has 1 aromatic carbocycles. The van der Waals surface area contributed by atoms with Crippen LogP contribution < -0.4 is 0 Å². The average Bonchev–Trinajstić information content (AvgIpc) is 2.99. The lowest BCUT2D eigenvalue weighted by Crippen LogP contribution is -2.29. The predicted molar refractivity (Wildman–Crippen MR) is 71.5 cm³/mol. The molecule has 0 aliphatic carbocycles. The summed E-state index contributed by atoms with van der Waals surface area (Å²) in [4.78, 5) is 22.5. The number of benzene rings is 1. The fourth-order valence-electron chi connectivity index (χ4n) is 2.03. The molecule has 0 spiro atoms. The van der Waals surface area contributed by atoms with Crippen LogP contribution in [-0.4, -0.2) is 28.2 Å². The second-order valence-electron chi connectivity index (χ2n) is 3.85. The van der Waals surface area contributed by atoms with Crippen molar-refractivity contribution in [2.75, 3.05) is 6.54 Å². The van der Waals surface area contributed by atoms with Crippen LogP contribution in [0.3, 0.4) is 0 Å². The third kappa shape index (κ3) is 1.64. The minimum absolute atomic E-state index is 0.0170. The molecule has 90 valence electrons. The maximum absolute atomic E-state index is 12.2. The molecule has 0 saturated carbocycles. The zero-order valence-corrected chi connectivity index (χ0v) is 10.6. The van der Waals surface area contributed by atoms with E-state index >= 15 is 0 Å². The lowest BCUT2D eigenvalue weighted by Gasteiger charge is -2.13. The second kappa shape index (κ2) is 4.34. The summed E-state index contributed by atoms with van der Waals surface area (Å²) in [7, 11) is 0. The summed E-state index contributed by atoms with van der Waals surface area (Å²) < 4.78 is 0. The van der Waals surface area contributed by atoms with Crippen LogP contribution in [0.25, 0.3) is 0 Å². The minimum Gasteiger partial charge on any atom is -0.292 e. The van der Waals surface area contributed by atoms with E-state index in [1.54, 1.807) is 11.1 Å².